The van der Waals surface area contributed by atoms with Crippen LogP contribution in [-0.4, -0.2) is 126 Å². The molecular formula is C44H54F14O13. The Kier molecular flexibility index (Phi) is 23.3. The Bertz CT molecular complexity index is 1850. The van der Waals surface area contributed by atoms with Gasteiger partial charge in [-0.05, 0) is 75.0 Å². The summed E-state index contributed by atoms with van der Waals surface area (Å²) >= 11 is 0. The van der Waals surface area contributed by atoms with E-state index in [4.69, 9.17) is 23.7 Å². The van der Waals surface area contributed by atoms with Crippen LogP contribution in [0.2, 0.25) is 0 Å². The van der Waals surface area contributed by atoms with E-state index in [1.165, 1.54) is 19.3 Å². The lowest BCUT2D eigenvalue weighted by Crippen LogP contribution is -2.58. The molecule has 406 valence electrons. The van der Waals surface area contributed by atoms with Crippen LogP contribution in [0.4, 0.5) is 61.5 Å². The van der Waals surface area contributed by atoms with Crippen molar-refractivity contribution in [1.82, 2.24) is 0 Å². The predicted octanol–water partition coefficient (Wildman–Crippen LogP) is 8.97. The summed E-state index contributed by atoms with van der Waals surface area (Å²) in [6.45, 7) is 0.618. The molecule has 71 heavy (non-hydrogen) atoms. The molecule has 0 aliphatic heterocycles. The molecule has 0 aromatic heterocycles. The lowest BCUT2D eigenvalue weighted by Gasteiger charge is -2.49. The molecule has 0 radical (unpaired) electrons. The third kappa shape index (κ3) is 16.0. The molecule has 0 aromatic rings. The van der Waals surface area contributed by atoms with Gasteiger partial charge in [0.05, 0.1) is 50.2 Å². The first-order chi connectivity index (χ1) is 32.9. The van der Waals surface area contributed by atoms with Gasteiger partial charge < -0.3 is 33.2 Å². The fourth-order valence-electron chi connectivity index (χ4n) is 8.36. The summed E-state index contributed by atoms with van der Waals surface area (Å²) in [5.74, 6) is -42.6. The summed E-state index contributed by atoms with van der Waals surface area (Å²) in [5.41, 5.74) is 0. The van der Waals surface area contributed by atoms with Crippen molar-refractivity contribution in [3.8, 4) is 0 Å². The SMILES string of the molecule is C=CCC[C@H]1[C@H](CC/C=C\CC[C@H]2[C@H](CCC=C)[C@H](C(=O)OCC(F)(F)C(F)(F)C(F)(F)F)[C@@H]2C(=O)OCC(F)(F)C(F)(F)C(F)(F)F)[C@H](C(=O)OC)[C@@H]1C(=O)OCCOC(=O)CCC(=O)OCCOC. The van der Waals surface area contributed by atoms with E-state index < -0.39 is 139 Å². The molecule has 2 fully saturated rings. The van der Waals surface area contributed by atoms with Crippen LogP contribution in [0.25, 0.3) is 0 Å². The van der Waals surface area contributed by atoms with Crippen LogP contribution in [0.5, 0.6) is 0 Å². The molecule has 0 N–H and O–H groups in total. The van der Waals surface area contributed by atoms with E-state index in [1.807, 2.05) is 0 Å². The number of carbonyl (C=O) groups excluding carboxylic acids is 6. The highest BCUT2D eigenvalue weighted by molar-refractivity contribution is 5.86. The summed E-state index contributed by atoms with van der Waals surface area (Å²) in [5, 5.41) is 0. The van der Waals surface area contributed by atoms with Gasteiger partial charge in [0.15, 0.2) is 13.2 Å². The second-order valence-electron chi connectivity index (χ2n) is 16.5. The average molecular weight is 1060 g/mol. The molecule has 2 aliphatic rings. The molecule has 0 aromatic carbocycles. The van der Waals surface area contributed by atoms with Crippen molar-refractivity contribution in [2.45, 2.75) is 100 Å². The number of halogens is 14. The zero-order valence-corrected chi connectivity index (χ0v) is 38.3. The Hall–Kier alpha value is -4.98. The molecule has 2 aliphatic carbocycles. The number of esters is 6. The minimum atomic E-state index is -6.86. The lowest BCUT2D eigenvalue weighted by molar-refractivity contribution is -0.360. The van der Waals surface area contributed by atoms with Crippen LogP contribution >= 0.6 is 0 Å². The minimum Gasteiger partial charge on any atom is -0.469 e. The molecule has 2 rings (SSSR count). The molecule has 27 heteroatoms. The van der Waals surface area contributed by atoms with Crippen LogP contribution in [0, 0.1) is 47.3 Å². The number of hydrogen-bond donors (Lipinski definition) is 0. The van der Waals surface area contributed by atoms with Crippen molar-refractivity contribution in [2.75, 3.05) is 53.9 Å². The first kappa shape index (κ1) is 62.1. The molecule has 0 saturated heterocycles. The van der Waals surface area contributed by atoms with E-state index in [0.29, 0.717) is 12.8 Å². The maximum absolute atomic E-state index is 14.1. The smallest absolute Gasteiger partial charge is 0.460 e. The van der Waals surface area contributed by atoms with Crippen molar-refractivity contribution in [1.29, 1.82) is 0 Å². The number of carbonyl (C=O) groups is 6. The Morgan fingerprint density at radius 1 is 0.437 bits per heavy atom. The highest BCUT2D eigenvalue weighted by Gasteiger charge is 2.75. The van der Waals surface area contributed by atoms with Gasteiger partial charge in [-0.3, -0.25) is 28.8 Å². The quantitative estimate of drug-likeness (QED) is 0.0212. The molecule has 2 saturated carbocycles. The standard InChI is InChI=1S/C44H54F14O13/c1-5-7-13-25-27(31(35(61)66-4)32(25)36(62)69-22-21-68-30(60)18-17-29(59)67-20-19-65-3)15-11-9-10-12-16-28-26(14-8-6-2)33(37(63)70-23-39(45,46)41(49,50)43(53,54)55)34(28)38(64)71-24-40(47,48)42(51,52)44(56,57)58/h5-6,9-10,25-28,31-34H,1-2,7-8,11-24H2,3-4H3/b10-9-/t25-,26-,27-,28-,31-,32+,33-,34+/m0/s1. The number of ether oxygens (including phenoxy) is 7. The van der Waals surface area contributed by atoms with Crippen LogP contribution in [0.1, 0.15) is 64.2 Å². The van der Waals surface area contributed by atoms with Crippen LogP contribution in [-0.2, 0) is 61.9 Å². The number of hydrogen-bond acceptors (Lipinski definition) is 13. The fourth-order valence-corrected chi connectivity index (χ4v) is 8.36. The fraction of sp³-hybridized carbons (Fsp3) is 0.727. The molecule has 8 atom stereocenters. The Balaban J connectivity index is 2.23. The van der Waals surface area contributed by atoms with Gasteiger partial charge in [0.1, 0.15) is 19.8 Å². The van der Waals surface area contributed by atoms with Gasteiger partial charge in [0.2, 0.25) is 0 Å². The van der Waals surface area contributed by atoms with Crippen molar-refractivity contribution >= 4 is 35.8 Å². The zero-order chi connectivity index (χ0) is 54.2. The summed E-state index contributed by atoms with van der Waals surface area (Å²) in [4.78, 5) is 76.1. The summed E-state index contributed by atoms with van der Waals surface area (Å²) in [7, 11) is 2.49. The average Bonchev–Trinajstić information content (AvgIpc) is 3.27. The third-order valence-electron chi connectivity index (χ3n) is 12.0. The largest absolute Gasteiger partial charge is 0.469 e. The number of rotatable bonds is 31. The normalized spacial score (nSPS) is 22.9. The van der Waals surface area contributed by atoms with Crippen LogP contribution < -0.4 is 0 Å². The molecule has 0 spiro atoms. The number of alkyl halides is 14. The van der Waals surface area contributed by atoms with E-state index in [9.17, 15) is 90.2 Å². The maximum atomic E-state index is 14.1. The zero-order valence-electron chi connectivity index (χ0n) is 38.3. The first-order valence-electron chi connectivity index (χ1n) is 21.8. The van der Waals surface area contributed by atoms with E-state index in [2.05, 4.69) is 22.6 Å². The van der Waals surface area contributed by atoms with E-state index in [0.717, 1.165) is 7.11 Å². The second-order valence-corrected chi connectivity index (χ2v) is 16.5. The van der Waals surface area contributed by atoms with Gasteiger partial charge in [0, 0.05) is 7.11 Å². The molecule has 0 unspecified atom stereocenters. The molecule has 0 heterocycles. The molecule has 0 amide bonds. The third-order valence-corrected chi connectivity index (χ3v) is 12.0. The van der Waals surface area contributed by atoms with Gasteiger partial charge in [-0.1, -0.05) is 24.3 Å². The monoisotopic (exact) mass is 1060 g/mol. The van der Waals surface area contributed by atoms with Gasteiger partial charge >= 0.3 is 71.9 Å². The van der Waals surface area contributed by atoms with E-state index >= 15 is 0 Å². The minimum absolute atomic E-state index is 0.0122. The molecular weight excluding hydrogens is 1000 g/mol. The first-order valence-corrected chi connectivity index (χ1v) is 21.8. The number of methoxy groups -OCH3 is 2. The Morgan fingerprint density at radius 2 is 0.746 bits per heavy atom. The van der Waals surface area contributed by atoms with Crippen molar-refractivity contribution in [2.24, 2.45) is 47.3 Å². The summed E-state index contributed by atoms with van der Waals surface area (Å²) in [6, 6.07) is 0. The molecule has 13 nitrogen and oxygen atoms in total. The Labute approximate surface area is 397 Å². The van der Waals surface area contributed by atoms with Crippen molar-refractivity contribution in [3.63, 3.8) is 0 Å². The predicted molar refractivity (Wildman–Crippen MR) is 214 cm³/mol. The summed E-state index contributed by atoms with van der Waals surface area (Å²) in [6.07, 6.45) is -7.96. The van der Waals surface area contributed by atoms with Gasteiger partial charge in [-0.15, -0.1) is 13.2 Å². The second kappa shape index (κ2) is 26.6. The van der Waals surface area contributed by atoms with Crippen LogP contribution in [0.3, 0.4) is 0 Å². The number of allylic oxidation sites excluding steroid dienone is 4. The van der Waals surface area contributed by atoms with Gasteiger partial charge in [0.25, 0.3) is 0 Å². The topological polar surface area (TPSA) is 167 Å². The van der Waals surface area contributed by atoms with Gasteiger partial charge in [-0.2, -0.15) is 61.5 Å². The highest BCUT2D eigenvalue weighted by Crippen LogP contribution is 2.55. The Morgan fingerprint density at radius 3 is 1.07 bits per heavy atom. The van der Waals surface area contributed by atoms with E-state index in [-0.39, 0.29) is 71.2 Å². The van der Waals surface area contributed by atoms with E-state index in [1.54, 1.807) is 12.2 Å². The highest BCUT2D eigenvalue weighted by atomic mass is 19.4. The summed E-state index contributed by atoms with van der Waals surface area (Å²) < 4.78 is 220. The van der Waals surface area contributed by atoms with Crippen LogP contribution in [0.15, 0.2) is 37.5 Å². The lowest BCUT2D eigenvalue weighted by atomic mass is 9.53. The van der Waals surface area contributed by atoms with Gasteiger partial charge in [-0.25, -0.2) is 0 Å². The van der Waals surface area contributed by atoms with Crippen molar-refractivity contribution in [3.05, 3.63) is 37.5 Å². The molecule has 0 bridgehead atoms. The maximum Gasteiger partial charge on any atom is 0.460 e. The van der Waals surface area contributed by atoms with Crippen molar-refractivity contribution < 1.29 is 123 Å².